The number of ether oxygens (including phenoxy) is 1. The zero-order chi connectivity index (χ0) is 10.8. The van der Waals surface area contributed by atoms with Gasteiger partial charge in [0, 0.05) is 5.38 Å². The maximum atomic E-state index is 11.2. The Balaban J connectivity index is 2.31. The van der Waals surface area contributed by atoms with E-state index in [9.17, 15) is 4.79 Å². The molecule has 0 N–H and O–H groups in total. The number of carbonyl (C=O) groups is 1. The van der Waals surface area contributed by atoms with Gasteiger partial charge in [-0.05, 0) is 6.92 Å². The van der Waals surface area contributed by atoms with E-state index in [4.69, 9.17) is 0 Å². The van der Waals surface area contributed by atoms with E-state index in [2.05, 4.69) is 14.7 Å². The third-order valence-electron chi connectivity index (χ3n) is 1.73. The van der Waals surface area contributed by atoms with Crippen molar-refractivity contribution in [2.75, 3.05) is 7.11 Å². The van der Waals surface area contributed by atoms with E-state index in [0.29, 0.717) is 4.88 Å². The number of esters is 1. The second-order valence-electron chi connectivity index (χ2n) is 2.77. The largest absolute Gasteiger partial charge is 0.465 e. The fraction of sp³-hybridized carbons (Fsp3) is 0.222. The summed E-state index contributed by atoms with van der Waals surface area (Å²) in [5, 5.41) is 3.66. The standard InChI is InChI=1S/C9H8N2O2S2/c1-5-11-6(4-14-5)8-10-3-7(15-8)9(12)13-2/h3-4H,1-2H3. The van der Waals surface area contributed by atoms with E-state index in [1.54, 1.807) is 11.3 Å². The summed E-state index contributed by atoms with van der Waals surface area (Å²) in [6, 6.07) is 0. The number of thiazole rings is 2. The molecule has 2 rings (SSSR count). The maximum absolute atomic E-state index is 11.2. The molecule has 0 amide bonds. The molecule has 0 radical (unpaired) electrons. The molecule has 15 heavy (non-hydrogen) atoms. The number of hydrogen-bond donors (Lipinski definition) is 0. The first kappa shape index (κ1) is 10.3. The molecule has 0 aliphatic rings. The van der Waals surface area contributed by atoms with Gasteiger partial charge in [-0.25, -0.2) is 14.8 Å². The van der Waals surface area contributed by atoms with Gasteiger partial charge >= 0.3 is 5.97 Å². The van der Waals surface area contributed by atoms with Gasteiger partial charge in [-0.3, -0.25) is 0 Å². The molecule has 0 fully saturated rings. The molecule has 0 atom stereocenters. The molecule has 6 heteroatoms. The quantitative estimate of drug-likeness (QED) is 0.756. The fourth-order valence-corrected chi connectivity index (χ4v) is 2.52. The second-order valence-corrected chi connectivity index (χ2v) is 4.87. The Labute approximate surface area is 94.6 Å². The van der Waals surface area contributed by atoms with Crippen molar-refractivity contribution in [3.63, 3.8) is 0 Å². The molecular weight excluding hydrogens is 232 g/mol. The molecule has 0 spiro atoms. The summed E-state index contributed by atoms with van der Waals surface area (Å²) in [6.07, 6.45) is 1.51. The topological polar surface area (TPSA) is 52.1 Å². The third kappa shape index (κ3) is 2.05. The lowest BCUT2D eigenvalue weighted by atomic mass is 10.5. The lowest BCUT2D eigenvalue weighted by molar-refractivity contribution is 0.0606. The summed E-state index contributed by atoms with van der Waals surface area (Å²) in [7, 11) is 1.36. The molecule has 78 valence electrons. The van der Waals surface area contributed by atoms with E-state index >= 15 is 0 Å². The molecule has 4 nitrogen and oxygen atoms in total. The number of hydrogen-bond acceptors (Lipinski definition) is 6. The SMILES string of the molecule is COC(=O)c1cnc(-c2csc(C)n2)s1. The van der Waals surface area contributed by atoms with Gasteiger partial charge in [-0.15, -0.1) is 22.7 Å². The van der Waals surface area contributed by atoms with Gasteiger partial charge in [0.1, 0.15) is 15.6 Å². The van der Waals surface area contributed by atoms with Crippen molar-refractivity contribution in [3.05, 3.63) is 21.5 Å². The van der Waals surface area contributed by atoms with Gasteiger partial charge in [0.25, 0.3) is 0 Å². The fourth-order valence-electron chi connectivity index (χ4n) is 1.05. The average Bonchev–Trinajstić information content (AvgIpc) is 2.84. The van der Waals surface area contributed by atoms with Crippen LogP contribution in [0.25, 0.3) is 10.7 Å². The molecule has 0 bridgehead atoms. The highest BCUT2D eigenvalue weighted by atomic mass is 32.1. The van der Waals surface area contributed by atoms with Gasteiger partial charge in [0.05, 0.1) is 18.3 Å². The average molecular weight is 240 g/mol. The molecule has 0 saturated carbocycles. The molecular formula is C9H8N2O2S2. The van der Waals surface area contributed by atoms with Crippen molar-refractivity contribution in [1.82, 2.24) is 9.97 Å². The van der Waals surface area contributed by atoms with Gasteiger partial charge in [0.2, 0.25) is 0 Å². The van der Waals surface area contributed by atoms with Gasteiger partial charge in [0.15, 0.2) is 0 Å². The van der Waals surface area contributed by atoms with Crippen molar-refractivity contribution in [2.24, 2.45) is 0 Å². The zero-order valence-electron chi connectivity index (χ0n) is 8.18. The third-order valence-corrected chi connectivity index (χ3v) is 3.50. The highest BCUT2D eigenvalue weighted by Gasteiger charge is 2.12. The molecule has 0 saturated heterocycles. The molecule has 0 unspecified atom stereocenters. The summed E-state index contributed by atoms with van der Waals surface area (Å²) in [6.45, 7) is 1.93. The molecule has 2 aromatic rings. The van der Waals surface area contributed by atoms with Crippen LogP contribution in [-0.4, -0.2) is 23.0 Å². The molecule has 0 aliphatic carbocycles. The lowest BCUT2D eigenvalue weighted by Crippen LogP contribution is -1.96. The summed E-state index contributed by atoms with van der Waals surface area (Å²) in [5.74, 6) is -0.356. The number of methoxy groups -OCH3 is 1. The number of carbonyl (C=O) groups excluding carboxylic acids is 1. The van der Waals surface area contributed by atoms with Crippen LogP contribution in [0, 0.1) is 6.92 Å². The smallest absolute Gasteiger partial charge is 0.349 e. The van der Waals surface area contributed by atoms with Gasteiger partial charge in [-0.2, -0.15) is 0 Å². The number of aromatic nitrogens is 2. The van der Waals surface area contributed by atoms with Crippen molar-refractivity contribution >= 4 is 28.6 Å². The number of nitrogens with zero attached hydrogens (tertiary/aromatic N) is 2. The predicted molar refractivity (Wildman–Crippen MR) is 59.3 cm³/mol. The van der Waals surface area contributed by atoms with Crippen LogP contribution in [0.15, 0.2) is 11.6 Å². The van der Waals surface area contributed by atoms with E-state index in [-0.39, 0.29) is 5.97 Å². The van der Waals surface area contributed by atoms with Crippen LogP contribution < -0.4 is 0 Å². The zero-order valence-corrected chi connectivity index (χ0v) is 9.82. The monoisotopic (exact) mass is 240 g/mol. The van der Waals surface area contributed by atoms with Crippen LogP contribution >= 0.6 is 22.7 Å². The first-order valence-electron chi connectivity index (χ1n) is 4.17. The van der Waals surface area contributed by atoms with Crippen LogP contribution in [0.3, 0.4) is 0 Å². The Hall–Kier alpha value is -1.27. The Morgan fingerprint density at radius 3 is 2.93 bits per heavy atom. The lowest BCUT2D eigenvalue weighted by Gasteiger charge is -1.90. The van der Waals surface area contributed by atoms with Crippen LogP contribution in [0.1, 0.15) is 14.7 Å². The summed E-state index contributed by atoms with van der Waals surface area (Å²) < 4.78 is 4.60. The normalized spacial score (nSPS) is 10.3. The van der Waals surface area contributed by atoms with Crippen molar-refractivity contribution < 1.29 is 9.53 Å². The van der Waals surface area contributed by atoms with Crippen molar-refractivity contribution in [2.45, 2.75) is 6.92 Å². The Bertz CT molecular complexity index is 490. The first-order valence-corrected chi connectivity index (χ1v) is 5.87. The molecule has 0 aliphatic heterocycles. The minimum absolute atomic E-state index is 0.356. The number of rotatable bonds is 2. The minimum Gasteiger partial charge on any atom is -0.465 e. The highest BCUT2D eigenvalue weighted by Crippen LogP contribution is 2.26. The Morgan fingerprint density at radius 2 is 2.33 bits per heavy atom. The van der Waals surface area contributed by atoms with Crippen molar-refractivity contribution in [3.8, 4) is 10.7 Å². The minimum atomic E-state index is -0.356. The maximum Gasteiger partial charge on any atom is 0.349 e. The Morgan fingerprint density at radius 1 is 1.53 bits per heavy atom. The summed E-state index contributed by atoms with van der Waals surface area (Å²) >= 11 is 2.85. The van der Waals surface area contributed by atoms with E-state index in [0.717, 1.165) is 15.7 Å². The molecule has 0 aromatic carbocycles. The van der Waals surface area contributed by atoms with Crippen LogP contribution in [0.2, 0.25) is 0 Å². The van der Waals surface area contributed by atoms with E-state index < -0.39 is 0 Å². The first-order chi connectivity index (χ1) is 7.20. The van der Waals surface area contributed by atoms with Gasteiger partial charge in [-0.1, -0.05) is 0 Å². The van der Waals surface area contributed by atoms with E-state index in [1.807, 2.05) is 12.3 Å². The second kappa shape index (κ2) is 4.08. The van der Waals surface area contributed by atoms with Gasteiger partial charge < -0.3 is 4.74 Å². The summed E-state index contributed by atoms with van der Waals surface area (Å²) in [4.78, 5) is 20.1. The number of aryl methyl sites for hydroxylation is 1. The van der Waals surface area contributed by atoms with E-state index in [1.165, 1.54) is 24.6 Å². The van der Waals surface area contributed by atoms with Crippen LogP contribution in [0.4, 0.5) is 0 Å². The Kier molecular flexibility index (Phi) is 2.79. The molecule has 2 heterocycles. The predicted octanol–water partition coefficient (Wildman–Crippen LogP) is 2.36. The summed E-state index contributed by atoms with van der Waals surface area (Å²) in [5.41, 5.74) is 0.817. The highest BCUT2D eigenvalue weighted by molar-refractivity contribution is 7.17. The molecule has 2 aromatic heterocycles. The van der Waals surface area contributed by atoms with Crippen molar-refractivity contribution in [1.29, 1.82) is 0 Å². The van der Waals surface area contributed by atoms with Crippen LogP contribution in [0.5, 0.6) is 0 Å². The van der Waals surface area contributed by atoms with Crippen LogP contribution in [-0.2, 0) is 4.74 Å².